The summed E-state index contributed by atoms with van der Waals surface area (Å²) in [4.78, 5) is 26.3. The molecule has 2 amide bonds. The van der Waals surface area contributed by atoms with Crippen LogP contribution in [0, 0.1) is 10.1 Å². The van der Waals surface area contributed by atoms with Gasteiger partial charge in [-0.05, 0) is 19.9 Å². The maximum Gasteiger partial charge on any atom is 0.317 e. The fourth-order valence-corrected chi connectivity index (χ4v) is 2.37. The predicted molar refractivity (Wildman–Crippen MR) is 80.6 cm³/mol. The summed E-state index contributed by atoms with van der Waals surface area (Å²) in [6, 6.07) is 6.74. The number of rotatable bonds is 3. The third-order valence-corrected chi connectivity index (χ3v) is 3.40. The lowest BCUT2D eigenvalue weighted by molar-refractivity contribution is -0.384. The zero-order chi connectivity index (χ0) is 15.4. The Balaban J connectivity index is 2.01. The van der Waals surface area contributed by atoms with Gasteiger partial charge < -0.3 is 15.1 Å². The van der Waals surface area contributed by atoms with Crippen LogP contribution in [-0.4, -0.2) is 48.1 Å². The van der Waals surface area contributed by atoms with E-state index in [0.29, 0.717) is 31.9 Å². The van der Waals surface area contributed by atoms with Gasteiger partial charge in [0.15, 0.2) is 0 Å². The number of anilines is 1. The molecule has 7 nitrogen and oxygen atoms in total. The van der Waals surface area contributed by atoms with E-state index >= 15 is 0 Å². The molecule has 0 spiro atoms. The number of nitrogens with zero attached hydrogens (tertiary/aromatic N) is 3. The van der Waals surface area contributed by atoms with Gasteiger partial charge in [0.05, 0.1) is 4.92 Å². The topological polar surface area (TPSA) is 78.7 Å². The number of nitrogens with one attached hydrogen (secondary N) is 1. The maximum atomic E-state index is 11.9. The van der Waals surface area contributed by atoms with Crippen molar-refractivity contribution in [2.24, 2.45) is 0 Å². The number of para-hydroxylation sites is 2. The molecule has 1 aromatic carbocycles. The van der Waals surface area contributed by atoms with Gasteiger partial charge in [0.25, 0.3) is 5.69 Å². The van der Waals surface area contributed by atoms with Crippen molar-refractivity contribution in [2.75, 3.05) is 31.1 Å². The Hall–Kier alpha value is -2.31. The van der Waals surface area contributed by atoms with Gasteiger partial charge in [0.1, 0.15) is 5.69 Å². The molecule has 0 atom stereocenters. The average Bonchev–Trinajstić information content (AvgIpc) is 2.46. The van der Waals surface area contributed by atoms with Gasteiger partial charge in [-0.3, -0.25) is 10.1 Å². The third-order valence-electron chi connectivity index (χ3n) is 3.40. The fourth-order valence-electron chi connectivity index (χ4n) is 2.37. The molecule has 21 heavy (non-hydrogen) atoms. The quantitative estimate of drug-likeness (QED) is 0.681. The molecule has 1 aliphatic heterocycles. The summed E-state index contributed by atoms with van der Waals surface area (Å²) in [5.41, 5.74) is 0.726. The van der Waals surface area contributed by atoms with Crippen LogP contribution in [0.1, 0.15) is 13.8 Å². The van der Waals surface area contributed by atoms with E-state index in [4.69, 9.17) is 0 Å². The van der Waals surface area contributed by atoms with Crippen LogP contribution in [0.15, 0.2) is 24.3 Å². The van der Waals surface area contributed by atoms with Crippen LogP contribution < -0.4 is 10.2 Å². The van der Waals surface area contributed by atoms with E-state index in [-0.39, 0.29) is 22.7 Å². The van der Waals surface area contributed by atoms with Crippen LogP contribution in [0.2, 0.25) is 0 Å². The molecule has 0 aliphatic carbocycles. The molecule has 0 bridgehead atoms. The molecular weight excluding hydrogens is 272 g/mol. The van der Waals surface area contributed by atoms with Crippen LogP contribution in [0.5, 0.6) is 0 Å². The first-order valence-electron chi connectivity index (χ1n) is 7.03. The van der Waals surface area contributed by atoms with Crippen molar-refractivity contribution in [1.29, 1.82) is 0 Å². The Kier molecular flexibility index (Phi) is 4.62. The Morgan fingerprint density at radius 2 is 1.86 bits per heavy atom. The summed E-state index contributed by atoms with van der Waals surface area (Å²) >= 11 is 0. The molecule has 1 N–H and O–H groups in total. The van der Waals surface area contributed by atoms with Crippen LogP contribution in [-0.2, 0) is 0 Å². The zero-order valence-corrected chi connectivity index (χ0v) is 12.3. The Morgan fingerprint density at radius 3 is 2.43 bits per heavy atom. The number of piperazine rings is 1. The first-order chi connectivity index (χ1) is 9.99. The van der Waals surface area contributed by atoms with E-state index in [1.165, 1.54) is 6.07 Å². The monoisotopic (exact) mass is 292 g/mol. The lowest BCUT2D eigenvalue weighted by atomic mass is 10.2. The van der Waals surface area contributed by atoms with Gasteiger partial charge in [-0.2, -0.15) is 0 Å². The number of amides is 2. The number of hydrogen-bond donors (Lipinski definition) is 1. The van der Waals surface area contributed by atoms with Crippen LogP contribution in [0.3, 0.4) is 0 Å². The largest absolute Gasteiger partial charge is 0.362 e. The highest BCUT2D eigenvalue weighted by Gasteiger charge is 2.25. The van der Waals surface area contributed by atoms with Gasteiger partial charge in [-0.25, -0.2) is 4.79 Å². The standard InChI is InChI=1S/C14H20N4O3/c1-11(2)15-14(19)17-9-7-16(8-10-17)12-5-3-4-6-13(12)18(20)21/h3-6,11H,7-10H2,1-2H3,(H,15,19). The smallest absolute Gasteiger partial charge is 0.317 e. The SMILES string of the molecule is CC(C)NC(=O)N1CCN(c2ccccc2[N+](=O)[O-])CC1. The molecule has 7 heteroatoms. The second-order valence-corrected chi connectivity index (χ2v) is 5.32. The average molecular weight is 292 g/mol. The number of hydrogen-bond acceptors (Lipinski definition) is 4. The highest BCUT2D eigenvalue weighted by molar-refractivity contribution is 5.75. The van der Waals surface area contributed by atoms with Crippen molar-refractivity contribution >= 4 is 17.4 Å². The molecule has 0 saturated carbocycles. The van der Waals surface area contributed by atoms with Crippen molar-refractivity contribution in [3.63, 3.8) is 0 Å². The highest BCUT2D eigenvalue weighted by Crippen LogP contribution is 2.28. The van der Waals surface area contributed by atoms with Gasteiger partial charge in [-0.15, -0.1) is 0 Å². The molecule has 1 fully saturated rings. The molecular formula is C14H20N4O3. The van der Waals surface area contributed by atoms with Crippen molar-refractivity contribution in [2.45, 2.75) is 19.9 Å². The number of nitro benzene ring substituents is 1. The minimum Gasteiger partial charge on any atom is -0.362 e. The van der Waals surface area contributed by atoms with Crippen molar-refractivity contribution in [3.05, 3.63) is 34.4 Å². The number of urea groups is 1. The molecule has 1 saturated heterocycles. The van der Waals surface area contributed by atoms with E-state index in [1.54, 1.807) is 23.1 Å². The molecule has 0 unspecified atom stereocenters. The van der Waals surface area contributed by atoms with E-state index in [0.717, 1.165) is 0 Å². The van der Waals surface area contributed by atoms with Crippen molar-refractivity contribution in [1.82, 2.24) is 10.2 Å². The van der Waals surface area contributed by atoms with Crippen molar-refractivity contribution < 1.29 is 9.72 Å². The summed E-state index contributed by atoms with van der Waals surface area (Å²) in [6.07, 6.45) is 0. The van der Waals surface area contributed by atoms with Crippen LogP contribution in [0.25, 0.3) is 0 Å². The summed E-state index contributed by atoms with van der Waals surface area (Å²) in [7, 11) is 0. The lowest BCUT2D eigenvalue weighted by Crippen LogP contribution is -2.53. The second kappa shape index (κ2) is 6.43. The normalized spacial score (nSPS) is 15.2. The predicted octanol–water partition coefficient (Wildman–Crippen LogP) is 1.83. The van der Waals surface area contributed by atoms with Gasteiger partial charge in [-0.1, -0.05) is 12.1 Å². The Bertz CT molecular complexity index is 525. The summed E-state index contributed by atoms with van der Waals surface area (Å²) in [6.45, 7) is 6.14. The fraction of sp³-hybridized carbons (Fsp3) is 0.500. The van der Waals surface area contributed by atoms with E-state index in [9.17, 15) is 14.9 Å². The van der Waals surface area contributed by atoms with Crippen LogP contribution >= 0.6 is 0 Å². The molecule has 1 aliphatic rings. The highest BCUT2D eigenvalue weighted by atomic mass is 16.6. The first-order valence-corrected chi connectivity index (χ1v) is 7.03. The third kappa shape index (κ3) is 3.62. The first kappa shape index (κ1) is 15.1. The number of nitro groups is 1. The summed E-state index contributed by atoms with van der Waals surface area (Å²) in [5.74, 6) is 0. The van der Waals surface area contributed by atoms with Crippen LogP contribution in [0.4, 0.5) is 16.2 Å². The Labute approximate surface area is 123 Å². The molecule has 114 valence electrons. The van der Waals surface area contributed by atoms with Gasteiger partial charge in [0.2, 0.25) is 0 Å². The summed E-state index contributed by atoms with van der Waals surface area (Å²) < 4.78 is 0. The summed E-state index contributed by atoms with van der Waals surface area (Å²) in [5, 5.41) is 13.9. The minimum absolute atomic E-state index is 0.0767. The molecule has 0 aromatic heterocycles. The van der Waals surface area contributed by atoms with Crippen molar-refractivity contribution in [3.8, 4) is 0 Å². The number of carbonyl (C=O) groups is 1. The number of benzene rings is 1. The van der Waals surface area contributed by atoms with Gasteiger partial charge >= 0.3 is 6.03 Å². The maximum absolute atomic E-state index is 11.9. The second-order valence-electron chi connectivity index (χ2n) is 5.32. The lowest BCUT2D eigenvalue weighted by Gasteiger charge is -2.36. The van der Waals surface area contributed by atoms with E-state index in [1.807, 2.05) is 18.7 Å². The number of carbonyl (C=O) groups excluding carboxylic acids is 1. The zero-order valence-electron chi connectivity index (χ0n) is 12.3. The van der Waals surface area contributed by atoms with Gasteiger partial charge in [0, 0.05) is 38.3 Å². The molecule has 1 aromatic rings. The Morgan fingerprint density at radius 1 is 1.24 bits per heavy atom. The van der Waals surface area contributed by atoms with E-state index in [2.05, 4.69) is 5.32 Å². The molecule has 2 rings (SSSR count). The molecule has 0 radical (unpaired) electrons. The molecule has 1 heterocycles. The van der Waals surface area contributed by atoms with E-state index < -0.39 is 0 Å². The minimum atomic E-state index is -0.368.